The molecule has 4 heterocycles. The highest BCUT2D eigenvalue weighted by atomic mass is 35.5. The average Bonchev–Trinajstić information content (AvgIpc) is 3.27. The number of carbonyl (C=O) groups is 1. The molecule has 1 aliphatic rings. The number of nitrogens with one attached hydrogen (secondary N) is 2. The van der Waals surface area contributed by atoms with Gasteiger partial charge in [0.1, 0.15) is 10.0 Å². The van der Waals surface area contributed by atoms with Gasteiger partial charge in [0.05, 0.1) is 0 Å². The highest BCUT2D eigenvalue weighted by molar-refractivity contribution is 7.89. The molecule has 0 radical (unpaired) electrons. The summed E-state index contributed by atoms with van der Waals surface area (Å²) in [6.45, 7) is 0.386. The molecule has 0 aromatic carbocycles. The zero-order valence-corrected chi connectivity index (χ0v) is 17.7. The van der Waals surface area contributed by atoms with Gasteiger partial charge in [0.15, 0.2) is 0 Å². The molecule has 0 saturated carbocycles. The van der Waals surface area contributed by atoms with Crippen LogP contribution in [-0.4, -0.2) is 51.8 Å². The summed E-state index contributed by atoms with van der Waals surface area (Å²) in [5.74, 6) is -0.308. The zero-order chi connectivity index (χ0) is 21.8. The molecule has 13 heteroatoms. The predicted octanol–water partition coefficient (Wildman–Crippen LogP) is 1.72. The fraction of sp³-hybridized carbons (Fsp3) is 0.278. The van der Waals surface area contributed by atoms with Gasteiger partial charge >= 0.3 is 6.01 Å². The molecule has 0 bridgehead atoms. The molecule has 11 nitrogen and oxygen atoms in total. The SMILES string of the molecule is O=C(NNc1nc(-c2ccncc2)no1)C1CCN(S(=O)(=O)c2cccnc2Cl)CC1. The average molecular weight is 464 g/mol. The number of halogens is 1. The molecule has 1 aliphatic heterocycles. The maximum Gasteiger partial charge on any atom is 0.340 e. The maximum absolute atomic E-state index is 12.8. The number of hydrazine groups is 1. The lowest BCUT2D eigenvalue weighted by atomic mass is 9.98. The molecule has 0 unspecified atom stereocenters. The molecule has 1 amide bonds. The summed E-state index contributed by atoms with van der Waals surface area (Å²) in [6.07, 6.45) is 5.35. The summed E-state index contributed by atoms with van der Waals surface area (Å²) in [5.41, 5.74) is 5.85. The number of nitrogens with zero attached hydrogens (tertiary/aromatic N) is 5. The van der Waals surface area contributed by atoms with Crippen molar-refractivity contribution in [3.05, 3.63) is 48.0 Å². The van der Waals surface area contributed by atoms with Gasteiger partial charge in [-0.15, -0.1) is 0 Å². The number of sulfonamides is 1. The largest absolute Gasteiger partial charge is 0.340 e. The van der Waals surface area contributed by atoms with Crippen molar-refractivity contribution in [3.63, 3.8) is 0 Å². The minimum atomic E-state index is -3.77. The number of rotatable bonds is 6. The van der Waals surface area contributed by atoms with E-state index in [1.807, 2.05) is 0 Å². The van der Waals surface area contributed by atoms with Crippen LogP contribution < -0.4 is 10.9 Å². The Morgan fingerprint density at radius 2 is 1.90 bits per heavy atom. The molecule has 2 N–H and O–H groups in total. The number of hydrogen-bond donors (Lipinski definition) is 2. The van der Waals surface area contributed by atoms with Gasteiger partial charge in [0.2, 0.25) is 21.8 Å². The Bertz CT molecular complexity index is 1160. The van der Waals surface area contributed by atoms with E-state index in [1.54, 1.807) is 24.5 Å². The first-order chi connectivity index (χ1) is 14.9. The third-order valence-corrected chi connectivity index (χ3v) is 7.17. The second-order valence-corrected chi connectivity index (χ2v) is 9.01. The van der Waals surface area contributed by atoms with E-state index < -0.39 is 10.0 Å². The molecule has 162 valence electrons. The quantitative estimate of drug-likeness (QED) is 0.412. The molecule has 0 aliphatic carbocycles. The zero-order valence-electron chi connectivity index (χ0n) is 16.1. The van der Waals surface area contributed by atoms with E-state index in [-0.39, 0.29) is 41.0 Å². The van der Waals surface area contributed by atoms with E-state index in [9.17, 15) is 13.2 Å². The van der Waals surface area contributed by atoms with Crippen molar-refractivity contribution in [2.45, 2.75) is 17.7 Å². The molecule has 1 saturated heterocycles. The summed E-state index contributed by atoms with van der Waals surface area (Å²) in [5, 5.41) is 3.76. The smallest absolute Gasteiger partial charge is 0.313 e. The summed E-state index contributed by atoms with van der Waals surface area (Å²) in [4.78, 5) is 24.3. The van der Waals surface area contributed by atoms with Crippen LogP contribution in [0, 0.1) is 5.92 Å². The standard InChI is InChI=1S/C18H18ClN7O4S/c19-15-14(2-1-7-21-15)31(28,29)26-10-5-13(6-11-26)17(27)23-24-18-22-16(25-30-18)12-3-8-20-9-4-12/h1-4,7-9,13H,5-6,10-11H2,(H,23,27)(H,22,24,25). The molecule has 31 heavy (non-hydrogen) atoms. The van der Waals surface area contributed by atoms with Gasteiger partial charge in [-0.2, -0.15) is 9.29 Å². The second kappa shape index (κ2) is 8.96. The van der Waals surface area contributed by atoms with Crippen LogP contribution in [0.5, 0.6) is 0 Å². The first-order valence-corrected chi connectivity index (χ1v) is 11.2. The van der Waals surface area contributed by atoms with Gasteiger partial charge < -0.3 is 4.52 Å². The van der Waals surface area contributed by atoms with Crippen LogP contribution in [0.15, 0.2) is 52.3 Å². The van der Waals surface area contributed by atoms with Crippen LogP contribution >= 0.6 is 11.6 Å². The van der Waals surface area contributed by atoms with E-state index in [2.05, 4.69) is 31.0 Å². The molecule has 3 aromatic rings. The van der Waals surface area contributed by atoms with Crippen molar-refractivity contribution in [1.29, 1.82) is 0 Å². The van der Waals surface area contributed by atoms with Gasteiger partial charge in [0, 0.05) is 43.2 Å². The van der Waals surface area contributed by atoms with Crippen molar-refractivity contribution < 1.29 is 17.7 Å². The number of piperidine rings is 1. The fourth-order valence-electron chi connectivity index (χ4n) is 3.17. The molecule has 1 fully saturated rings. The summed E-state index contributed by atoms with van der Waals surface area (Å²) in [7, 11) is -3.77. The molecule has 3 aromatic heterocycles. The van der Waals surface area contributed by atoms with Crippen LogP contribution in [0.1, 0.15) is 12.8 Å². The van der Waals surface area contributed by atoms with Gasteiger partial charge in [0.25, 0.3) is 0 Å². The van der Waals surface area contributed by atoms with E-state index in [4.69, 9.17) is 16.1 Å². The highest BCUT2D eigenvalue weighted by Gasteiger charge is 2.33. The normalized spacial score (nSPS) is 15.5. The second-order valence-electron chi connectivity index (χ2n) is 6.74. The van der Waals surface area contributed by atoms with Crippen LogP contribution in [0.3, 0.4) is 0 Å². The monoisotopic (exact) mass is 463 g/mol. The summed E-state index contributed by atoms with van der Waals surface area (Å²) in [6, 6.07) is 6.42. The third kappa shape index (κ3) is 4.65. The number of hydrogen-bond acceptors (Lipinski definition) is 9. The maximum atomic E-state index is 12.8. The van der Waals surface area contributed by atoms with Crippen LogP contribution in [-0.2, 0) is 14.8 Å². The third-order valence-electron chi connectivity index (χ3n) is 4.82. The van der Waals surface area contributed by atoms with Crippen molar-refractivity contribution in [2.75, 3.05) is 18.5 Å². The minimum absolute atomic E-state index is 0.0337. The van der Waals surface area contributed by atoms with Crippen LogP contribution in [0.2, 0.25) is 5.15 Å². The van der Waals surface area contributed by atoms with Crippen LogP contribution in [0.4, 0.5) is 6.01 Å². The number of anilines is 1. The number of amides is 1. The van der Waals surface area contributed by atoms with Crippen molar-refractivity contribution >= 4 is 33.5 Å². The highest BCUT2D eigenvalue weighted by Crippen LogP contribution is 2.27. The minimum Gasteiger partial charge on any atom is -0.313 e. The molecule has 0 spiro atoms. The fourth-order valence-corrected chi connectivity index (χ4v) is 5.07. The van der Waals surface area contributed by atoms with Gasteiger partial charge in [-0.25, -0.2) is 18.8 Å². The Kier molecular flexibility index (Phi) is 6.11. The Balaban J connectivity index is 1.31. The van der Waals surface area contributed by atoms with Crippen molar-refractivity contribution in [1.82, 2.24) is 29.8 Å². The first-order valence-electron chi connectivity index (χ1n) is 9.36. The topological polar surface area (TPSA) is 143 Å². The van der Waals surface area contributed by atoms with E-state index in [1.165, 1.54) is 22.6 Å². The van der Waals surface area contributed by atoms with E-state index in [0.717, 1.165) is 5.56 Å². The van der Waals surface area contributed by atoms with Crippen LogP contribution in [0.25, 0.3) is 11.4 Å². The summed E-state index contributed by atoms with van der Waals surface area (Å²) >= 11 is 5.94. The van der Waals surface area contributed by atoms with E-state index in [0.29, 0.717) is 18.7 Å². The molecular weight excluding hydrogens is 446 g/mol. The lowest BCUT2D eigenvalue weighted by molar-refractivity contribution is -0.125. The number of pyridine rings is 2. The van der Waals surface area contributed by atoms with Crippen molar-refractivity contribution in [2.24, 2.45) is 5.92 Å². The number of aromatic nitrogens is 4. The lowest BCUT2D eigenvalue weighted by Gasteiger charge is -2.30. The van der Waals surface area contributed by atoms with Gasteiger partial charge in [-0.05, 0) is 37.1 Å². The number of carbonyl (C=O) groups excluding carboxylic acids is 1. The molecule has 4 rings (SSSR count). The lowest BCUT2D eigenvalue weighted by Crippen LogP contribution is -2.44. The van der Waals surface area contributed by atoms with Crippen molar-refractivity contribution in [3.8, 4) is 11.4 Å². The summed E-state index contributed by atoms with van der Waals surface area (Å²) < 4.78 is 31.9. The van der Waals surface area contributed by atoms with Gasteiger partial charge in [-0.1, -0.05) is 16.8 Å². The Morgan fingerprint density at radius 3 is 2.61 bits per heavy atom. The Hall–Kier alpha value is -3.09. The van der Waals surface area contributed by atoms with Gasteiger partial charge in [-0.3, -0.25) is 15.2 Å². The Labute approximate surface area is 182 Å². The van der Waals surface area contributed by atoms with E-state index >= 15 is 0 Å². The molecule has 0 atom stereocenters. The Morgan fingerprint density at radius 1 is 1.16 bits per heavy atom. The predicted molar refractivity (Wildman–Crippen MR) is 110 cm³/mol. The first kappa shape index (κ1) is 21.2. The molecular formula is C18H18ClN7O4S.